The second kappa shape index (κ2) is 7.97. The van der Waals surface area contributed by atoms with Crippen LogP contribution >= 0.6 is 23.5 Å². The van der Waals surface area contributed by atoms with Crippen LogP contribution in [0.15, 0.2) is 87.7 Å². The molecule has 1 aliphatic rings. The van der Waals surface area contributed by atoms with E-state index in [0.29, 0.717) is 5.16 Å². The zero-order valence-corrected chi connectivity index (χ0v) is 17.7. The first kappa shape index (κ1) is 18.9. The number of thioether (sulfide) groups is 1. The normalized spacial score (nSPS) is 12.4. The molecule has 5 rings (SSSR count). The number of aromatic nitrogens is 4. The van der Waals surface area contributed by atoms with Crippen LogP contribution in [0, 0.1) is 6.92 Å². The van der Waals surface area contributed by atoms with E-state index in [0.717, 1.165) is 32.4 Å². The molecular formula is C22H17N5OS2. The van der Waals surface area contributed by atoms with Gasteiger partial charge in [-0.3, -0.25) is 9.69 Å². The van der Waals surface area contributed by atoms with Crippen molar-refractivity contribution in [1.29, 1.82) is 0 Å². The Kier molecular flexibility index (Phi) is 5.02. The predicted molar refractivity (Wildman–Crippen MR) is 119 cm³/mol. The molecule has 0 spiro atoms. The molecule has 1 aromatic heterocycles. The number of hydrogen-bond acceptors (Lipinski definition) is 6. The minimum atomic E-state index is -0.0151. The van der Waals surface area contributed by atoms with Gasteiger partial charge in [0.05, 0.1) is 22.8 Å². The third kappa shape index (κ3) is 3.48. The largest absolute Gasteiger partial charge is 0.278 e. The quantitative estimate of drug-likeness (QED) is 0.429. The summed E-state index contributed by atoms with van der Waals surface area (Å²) in [5.74, 6) is 0.207. The van der Waals surface area contributed by atoms with E-state index in [-0.39, 0.29) is 11.7 Å². The van der Waals surface area contributed by atoms with Crippen molar-refractivity contribution in [2.45, 2.75) is 21.9 Å². The molecule has 0 bridgehead atoms. The van der Waals surface area contributed by atoms with Gasteiger partial charge in [-0.1, -0.05) is 65.5 Å². The Morgan fingerprint density at radius 1 is 0.933 bits per heavy atom. The Morgan fingerprint density at radius 3 is 2.23 bits per heavy atom. The number of carbonyl (C=O) groups is 1. The minimum Gasteiger partial charge on any atom is -0.278 e. The lowest BCUT2D eigenvalue weighted by Gasteiger charge is -2.30. The van der Waals surface area contributed by atoms with Gasteiger partial charge in [0.15, 0.2) is 0 Å². The minimum absolute atomic E-state index is 0.0151. The Hall–Kier alpha value is -3.10. The Balaban J connectivity index is 1.41. The van der Waals surface area contributed by atoms with E-state index in [1.165, 1.54) is 11.8 Å². The van der Waals surface area contributed by atoms with E-state index in [9.17, 15) is 4.79 Å². The summed E-state index contributed by atoms with van der Waals surface area (Å²) in [4.78, 5) is 17.3. The fourth-order valence-corrected chi connectivity index (χ4v) is 5.08. The molecule has 0 N–H and O–H groups in total. The molecule has 4 aromatic rings. The smallest absolute Gasteiger partial charge is 0.242 e. The predicted octanol–water partition coefficient (Wildman–Crippen LogP) is 4.89. The lowest BCUT2D eigenvalue weighted by Crippen LogP contribution is -2.30. The molecule has 2 heterocycles. The number of anilines is 2. The van der Waals surface area contributed by atoms with Crippen molar-refractivity contribution in [3.63, 3.8) is 0 Å². The fraction of sp³-hybridized carbons (Fsp3) is 0.0909. The first-order chi connectivity index (χ1) is 14.7. The van der Waals surface area contributed by atoms with Gasteiger partial charge in [-0.25, -0.2) is 0 Å². The zero-order chi connectivity index (χ0) is 20.5. The summed E-state index contributed by atoms with van der Waals surface area (Å²) in [6.45, 7) is 2.03. The first-order valence-electron chi connectivity index (χ1n) is 9.38. The molecule has 148 valence electrons. The highest BCUT2D eigenvalue weighted by Gasteiger charge is 2.28. The molecule has 0 radical (unpaired) electrons. The number of aryl methyl sites for hydroxylation is 1. The Bertz CT molecular complexity index is 1180. The molecule has 1 aliphatic heterocycles. The summed E-state index contributed by atoms with van der Waals surface area (Å²) >= 11 is 3.02. The highest BCUT2D eigenvalue weighted by molar-refractivity contribution is 8.00. The number of tetrazole rings is 1. The number of benzene rings is 3. The van der Waals surface area contributed by atoms with Gasteiger partial charge in [-0.05, 0) is 53.7 Å². The van der Waals surface area contributed by atoms with Crippen molar-refractivity contribution in [2.24, 2.45) is 0 Å². The van der Waals surface area contributed by atoms with Gasteiger partial charge < -0.3 is 0 Å². The maximum Gasteiger partial charge on any atom is 0.242 e. The van der Waals surface area contributed by atoms with Crippen LogP contribution in [-0.2, 0) is 4.79 Å². The summed E-state index contributed by atoms with van der Waals surface area (Å²) in [6.07, 6.45) is 0. The number of nitrogens with zero attached hydrogens (tertiary/aromatic N) is 5. The van der Waals surface area contributed by atoms with Crippen molar-refractivity contribution in [1.82, 2.24) is 20.2 Å². The molecule has 0 saturated heterocycles. The Labute approximate surface area is 182 Å². The molecule has 0 atom stereocenters. The third-order valence-electron chi connectivity index (χ3n) is 4.73. The van der Waals surface area contributed by atoms with E-state index < -0.39 is 0 Å². The fourth-order valence-electron chi connectivity index (χ4n) is 3.28. The highest BCUT2D eigenvalue weighted by Crippen LogP contribution is 2.48. The lowest BCUT2D eigenvalue weighted by atomic mass is 10.2. The van der Waals surface area contributed by atoms with Crippen LogP contribution in [0.2, 0.25) is 0 Å². The molecule has 0 aliphatic carbocycles. The second-order valence-electron chi connectivity index (χ2n) is 6.76. The van der Waals surface area contributed by atoms with Crippen LogP contribution in [0.25, 0.3) is 5.69 Å². The van der Waals surface area contributed by atoms with Crippen molar-refractivity contribution in [3.8, 4) is 5.69 Å². The molecule has 8 heteroatoms. The number of fused-ring (bicyclic) bond motifs is 2. The van der Waals surface area contributed by atoms with Gasteiger partial charge in [0.1, 0.15) is 0 Å². The number of rotatable bonds is 4. The van der Waals surface area contributed by atoms with Crippen LogP contribution in [0.4, 0.5) is 11.4 Å². The van der Waals surface area contributed by atoms with Gasteiger partial charge in [-0.2, -0.15) is 4.68 Å². The molecule has 0 fully saturated rings. The molecular weight excluding hydrogens is 414 g/mol. The standard InChI is InChI=1S/C22H17N5OS2/c1-15-10-12-16(13-11-15)27-22(23-24-25-27)29-14-21(28)26-17-6-2-4-8-19(17)30-20-9-5-3-7-18(20)26/h2-13H,14H2,1H3. The molecule has 3 aromatic carbocycles. The van der Waals surface area contributed by atoms with Crippen LogP contribution in [0.3, 0.4) is 0 Å². The lowest BCUT2D eigenvalue weighted by molar-refractivity contribution is -0.115. The van der Waals surface area contributed by atoms with E-state index in [1.807, 2.05) is 79.7 Å². The highest BCUT2D eigenvalue weighted by atomic mass is 32.2. The summed E-state index contributed by atoms with van der Waals surface area (Å²) in [7, 11) is 0. The molecule has 0 unspecified atom stereocenters. The van der Waals surface area contributed by atoms with Crippen molar-refractivity contribution in [3.05, 3.63) is 78.4 Å². The summed E-state index contributed by atoms with van der Waals surface area (Å²) in [5.41, 5.74) is 3.84. The number of carbonyl (C=O) groups excluding carboxylic acids is 1. The van der Waals surface area contributed by atoms with E-state index in [1.54, 1.807) is 21.3 Å². The zero-order valence-electron chi connectivity index (χ0n) is 16.1. The van der Waals surface area contributed by atoms with E-state index in [4.69, 9.17) is 0 Å². The first-order valence-corrected chi connectivity index (χ1v) is 11.2. The van der Waals surface area contributed by atoms with Gasteiger partial charge in [-0.15, -0.1) is 5.10 Å². The van der Waals surface area contributed by atoms with Crippen molar-refractivity contribution >= 4 is 40.8 Å². The van der Waals surface area contributed by atoms with Crippen LogP contribution in [-0.4, -0.2) is 31.9 Å². The van der Waals surface area contributed by atoms with Crippen molar-refractivity contribution in [2.75, 3.05) is 10.7 Å². The summed E-state index contributed by atoms with van der Waals surface area (Å²) in [6, 6.07) is 23.9. The maximum atomic E-state index is 13.3. The summed E-state index contributed by atoms with van der Waals surface area (Å²) in [5, 5.41) is 12.6. The summed E-state index contributed by atoms with van der Waals surface area (Å²) < 4.78 is 1.66. The van der Waals surface area contributed by atoms with Crippen LogP contribution in [0.1, 0.15) is 5.56 Å². The third-order valence-corrected chi connectivity index (χ3v) is 6.76. The number of para-hydroxylation sites is 2. The van der Waals surface area contributed by atoms with E-state index in [2.05, 4.69) is 15.5 Å². The SMILES string of the molecule is Cc1ccc(-n2nnnc2SCC(=O)N2c3ccccc3Sc3ccccc32)cc1. The van der Waals surface area contributed by atoms with Gasteiger partial charge in [0.2, 0.25) is 11.1 Å². The van der Waals surface area contributed by atoms with Crippen LogP contribution < -0.4 is 4.90 Å². The molecule has 30 heavy (non-hydrogen) atoms. The monoisotopic (exact) mass is 431 g/mol. The van der Waals surface area contributed by atoms with Gasteiger partial charge in [0, 0.05) is 9.79 Å². The second-order valence-corrected chi connectivity index (χ2v) is 8.79. The van der Waals surface area contributed by atoms with Crippen LogP contribution in [0.5, 0.6) is 0 Å². The van der Waals surface area contributed by atoms with Gasteiger partial charge >= 0.3 is 0 Å². The average Bonchev–Trinajstić information content (AvgIpc) is 3.25. The van der Waals surface area contributed by atoms with E-state index >= 15 is 0 Å². The molecule has 6 nitrogen and oxygen atoms in total. The molecule has 0 saturated carbocycles. The molecule has 1 amide bonds. The average molecular weight is 432 g/mol. The topological polar surface area (TPSA) is 63.9 Å². The van der Waals surface area contributed by atoms with Gasteiger partial charge in [0.25, 0.3) is 0 Å². The number of hydrogen-bond donors (Lipinski definition) is 0. The number of amides is 1. The van der Waals surface area contributed by atoms with Crippen molar-refractivity contribution < 1.29 is 4.79 Å². The Morgan fingerprint density at radius 2 is 1.57 bits per heavy atom. The maximum absolute atomic E-state index is 13.3.